The fourth-order valence-electron chi connectivity index (χ4n) is 3.07. The van der Waals surface area contributed by atoms with Crippen LogP contribution in [0.15, 0.2) is 85.2 Å². The molecule has 0 saturated heterocycles. The number of benzene rings is 3. The predicted molar refractivity (Wildman–Crippen MR) is 119 cm³/mol. The van der Waals surface area contributed by atoms with E-state index in [2.05, 4.69) is 15.7 Å². The lowest BCUT2D eigenvalue weighted by Gasteiger charge is -2.13. The number of halogens is 1. The zero-order valence-electron chi connectivity index (χ0n) is 17.1. The van der Waals surface area contributed by atoms with Gasteiger partial charge in [0.05, 0.1) is 30.2 Å². The highest BCUT2D eigenvalue weighted by Crippen LogP contribution is 2.28. The number of ether oxygens (including phenoxy) is 1. The van der Waals surface area contributed by atoms with Crippen LogP contribution in [0.2, 0.25) is 0 Å². The van der Waals surface area contributed by atoms with E-state index in [0.29, 0.717) is 22.7 Å². The van der Waals surface area contributed by atoms with E-state index in [9.17, 15) is 14.0 Å². The second-order valence-corrected chi connectivity index (χ2v) is 6.84. The molecule has 4 rings (SSSR count). The van der Waals surface area contributed by atoms with Crippen LogP contribution < -0.4 is 15.4 Å². The van der Waals surface area contributed by atoms with Gasteiger partial charge in [-0.05, 0) is 48.5 Å². The summed E-state index contributed by atoms with van der Waals surface area (Å²) in [6.07, 6.45) is 3.10. The maximum atomic E-state index is 13.4. The Hall–Kier alpha value is -4.46. The average Bonchev–Trinajstić information content (AvgIpc) is 3.30. The molecule has 4 aromatic rings. The van der Waals surface area contributed by atoms with Gasteiger partial charge in [-0.25, -0.2) is 9.07 Å². The Morgan fingerprint density at radius 1 is 0.906 bits per heavy atom. The topological polar surface area (TPSA) is 85.2 Å². The summed E-state index contributed by atoms with van der Waals surface area (Å²) in [5.74, 6) is -0.985. The van der Waals surface area contributed by atoms with E-state index in [1.807, 2.05) is 30.3 Å². The molecule has 0 atom stereocenters. The minimum absolute atomic E-state index is 0.162. The Bertz CT molecular complexity index is 1270. The van der Waals surface area contributed by atoms with Crippen LogP contribution >= 0.6 is 0 Å². The molecular weight excluding hydrogens is 411 g/mol. The number of anilines is 2. The van der Waals surface area contributed by atoms with Crippen molar-refractivity contribution in [1.29, 1.82) is 0 Å². The van der Waals surface area contributed by atoms with Crippen LogP contribution in [0.3, 0.4) is 0 Å². The molecule has 8 heteroatoms. The lowest BCUT2D eigenvalue weighted by Crippen LogP contribution is -2.14. The van der Waals surface area contributed by atoms with Gasteiger partial charge >= 0.3 is 0 Å². The first-order valence-corrected chi connectivity index (χ1v) is 9.70. The molecule has 1 heterocycles. The molecule has 0 saturated carbocycles. The van der Waals surface area contributed by atoms with Gasteiger partial charge in [0, 0.05) is 17.4 Å². The number of carbonyl (C=O) groups is 2. The standard InChI is InChI=1S/C24H19FN4O3/c1-32-22-11-10-19(13-21(22)28-23(30)16-6-5-7-18(25)12-16)27-24(31)17-14-26-29(15-17)20-8-3-2-4-9-20/h2-15H,1H3,(H,27,31)(H,28,30). The molecule has 3 aromatic carbocycles. The van der Waals surface area contributed by atoms with Crippen molar-refractivity contribution < 1.29 is 18.7 Å². The van der Waals surface area contributed by atoms with Gasteiger partial charge in [-0.2, -0.15) is 5.10 Å². The minimum atomic E-state index is -0.512. The smallest absolute Gasteiger partial charge is 0.258 e. The van der Waals surface area contributed by atoms with E-state index < -0.39 is 11.7 Å². The number of nitrogens with zero attached hydrogens (tertiary/aromatic N) is 2. The van der Waals surface area contributed by atoms with Gasteiger partial charge < -0.3 is 15.4 Å². The highest BCUT2D eigenvalue weighted by atomic mass is 19.1. The molecule has 0 aliphatic rings. The van der Waals surface area contributed by atoms with Crippen LogP contribution in [0, 0.1) is 5.82 Å². The maximum Gasteiger partial charge on any atom is 0.258 e. The number of hydrogen-bond acceptors (Lipinski definition) is 4. The predicted octanol–water partition coefficient (Wildman–Crippen LogP) is 4.52. The molecule has 2 N–H and O–H groups in total. The van der Waals surface area contributed by atoms with E-state index in [-0.39, 0.29) is 11.5 Å². The highest BCUT2D eigenvalue weighted by molar-refractivity contribution is 6.07. The zero-order valence-corrected chi connectivity index (χ0v) is 17.1. The monoisotopic (exact) mass is 430 g/mol. The lowest BCUT2D eigenvalue weighted by atomic mass is 10.2. The normalized spacial score (nSPS) is 10.4. The van der Waals surface area contributed by atoms with E-state index in [0.717, 1.165) is 11.8 Å². The van der Waals surface area contributed by atoms with Crippen molar-refractivity contribution in [3.05, 3.63) is 102 Å². The molecule has 0 radical (unpaired) electrons. The highest BCUT2D eigenvalue weighted by Gasteiger charge is 2.14. The summed E-state index contributed by atoms with van der Waals surface area (Å²) >= 11 is 0. The van der Waals surface area contributed by atoms with Crippen LogP contribution in [0.4, 0.5) is 15.8 Å². The molecule has 0 spiro atoms. The third-order valence-electron chi connectivity index (χ3n) is 4.66. The summed E-state index contributed by atoms with van der Waals surface area (Å²) < 4.78 is 20.3. The van der Waals surface area contributed by atoms with Crippen molar-refractivity contribution in [2.24, 2.45) is 0 Å². The second-order valence-electron chi connectivity index (χ2n) is 6.84. The number of amides is 2. The molecule has 7 nitrogen and oxygen atoms in total. The summed E-state index contributed by atoms with van der Waals surface area (Å²) in [6, 6.07) is 19.6. The minimum Gasteiger partial charge on any atom is -0.495 e. The van der Waals surface area contributed by atoms with E-state index in [4.69, 9.17) is 4.74 Å². The Labute approximate surface area is 183 Å². The van der Waals surface area contributed by atoms with Crippen LogP contribution in [-0.2, 0) is 0 Å². The number of hydrogen-bond donors (Lipinski definition) is 2. The van der Waals surface area contributed by atoms with E-state index >= 15 is 0 Å². The maximum absolute atomic E-state index is 13.4. The van der Waals surface area contributed by atoms with E-state index in [1.54, 1.807) is 29.1 Å². The first-order chi connectivity index (χ1) is 15.5. The summed E-state index contributed by atoms with van der Waals surface area (Å²) in [6.45, 7) is 0. The number of nitrogens with one attached hydrogen (secondary N) is 2. The first-order valence-electron chi connectivity index (χ1n) is 9.70. The molecule has 32 heavy (non-hydrogen) atoms. The lowest BCUT2D eigenvalue weighted by molar-refractivity contribution is 0.101. The molecule has 0 bridgehead atoms. The number of aromatic nitrogens is 2. The summed E-state index contributed by atoms with van der Waals surface area (Å²) in [7, 11) is 1.46. The first kappa shape index (κ1) is 20.8. The van der Waals surface area contributed by atoms with Crippen molar-refractivity contribution in [3.8, 4) is 11.4 Å². The van der Waals surface area contributed by atoms with Gasteiger partial charge in [0.15, 0.2) is 0 Å². The van der Waals surface area contributed by atoms with Crippen LogP contribution in [0.1, 0.15) is 20.7 Å². The van der Waals surface area contributed by atoms with Gasteiger partial charge in [-0.15, -0.1) is 0 Å². The van der Waals surface area contributed by atoms with Crippen LogP contribution in [0.25, 0.3) is 5.69 Å². The van der Waals surface area contributed by atoms with Gasteiger partial charge in [0.1, 0.15) is 11.6 Å². The van der Waals surface area contributed by atoms with Gasteiger partial charge in [0.2, 0.25) is 0 Å². The molecule has 160 valence electrons. The van der Waals surface area contributed by atoms with E-state index in [1.165, 1.54) is 31.5 Å². The van der Waals surface area contributed by atoms with Crippen LogP contribution in [0.5, 0.6) is 5.75 Å². The van der Waals surface area contributed by atoms with Gasteiger partial charge in [0.25, 0.3) is 11.8 Å². The Kier molecular flexibility index (Phi) is 5.94. The molecule has 2 amide bonds. The largest absolute Gasteiger partial charge is 0.495 e. The molecule has 0 unspecified atom stereocenters. The van der Waals surface area contributed by atoms with Crippen molar-refractivity contribution >= 4 is 23.2 Å². The number of para-hydroxylation sites is 1. The van der Waals surface area contributed by atoms with Crippen molar-refractivity contribution in [2.45, 2.75) is 0 Å². The molecule has 0 aliphatic heterocycles. The Morgan fingerprint density at radius 2 is 1.69 bits per heavy atom. The SMILES string of the molecule is COc1ccc(NC(=O)c2cnn(-c3ccccc3)c2)cc1NC(=O)c1cccc(F)c1. The van der Waals surface area contributed by atoms with Crippen LogP contribution in [-0.4, -0.2) is 28.7 Å². The summed E-state index contributed by atoms with van der Waals surface area (Å²) in [5, 5.41) is 9.69. The van der Waals surface area contributed by atoms with Crippen molar-refractivity contribution in [2.75, 3.05) is 17.7 Å². The number of carbonyl (C=O) groups excluding carboxylic acids is 2. The molecule has 1 aromatic heterocycles. The third kappa shape index (κ3) is 4.65. The fourth-order valence-corrected chi connectivity index (χ4v) is 3.07. The molecular formula is C24H19FN4O3. The molecule has 0 aliphatic carbocycles. The third-order valence-corrected chi connectivity index (χ3v) is 4.66. The van der Waals surface area contributed by atoms with Crippen molar-refractivity contribution in [1.82, 2.24) is 9.78 Å². The summed E-state index contributed by atoms with van der Waals surface area (Å²) in [5.41, 5.74) is 2.14. The summed E-state index contributed by atoms with van der Waals surface area (Å²) in [4.78, 5) is 25.2. The van der Waals surface area contributed by atoms with Gasteiger partial charge in [-0.3, -0.25) is 9.59 Å². The Morgan fingerprint density at radius 3 is 2.44 bits per heavy atom. The zero-order chi connectivity index (χ0) is 22.5. The van der Waals surface area contributed by atoms with Gasteiger partial charge in [-0.1, -0.05) is 24.3 Å². The fraction of sp³-hybridized carbons (Fsp3) is 0.0417. The van der Waals surface area contributed by atoms with Crippen molar-refractivity contribution in [3.63, 3.8) is 0 Å². The Balaban J connectivity index is 1.51. The average molecular weight is 430 g/mol. The number of rotatable bonds is 6. The number of methoxy groups -OCH3 is 1. The molecule has 0 fully saturated rings. The second kappa shape index (κ2) is 9.13. The quantitative estimate of drug-likeness (QED) is 0.471.